The Hall–Kier alpha value is -2.03. The largest absolute Gasteiger partial charge is 0.362 e. The Morgan fingerprint density at radius 2 is 2.15 bits per heavy atom. The molecular formula is C19H25N5OS2. The van der Waals surface area contributed by atoms with Crippen LogP contribution in [0, 0.1) is 6.92 Å². The van der Waals surface area contributed by atoms with Crippen LogP contribution in [-0.4, -0.2) is 48.0 Å². The fourth-order valence-corrected chi connectivity index (χ4v) is 4.83. The lowest BCUT2D eigenvalue weighted by Gasteiger charge is -2.17. The SMILES string of the molecule is CC[C@@H](Nc1ncnc2sc(C(=O)NCCN(C)C)c(C)c12)c1cccs1. The topological polar surface area (TPSA) is 70.1 Å². The van der Waals surface area contributed by atoms with Crippen LogP contribution in [0.3, 0.4) is 0 Å². The van der Waals surface area contributed by atoms with E-state index in [2.05, 4.69) is 45.0 Å². The second-order valence-electron chi connectivity index (χ2n) is 6.64. The molecule has 0 aromatic carbocycles. The molecule has 8 heteroatoms. The van der Waals surface area contributed by atoms with Crippen molar-refractivity contribution in [3.8, 4) is 0 Å². The van der Waals surface area contributed by atoms with Crippen LogP contribution in [0.1, 0.15) is 39.5 Å². The molecule has 0 saturated carbocycles. The third-order valence-electron chi connectivity index (χ3n) is 4.38. The molecule has 0 fully saturated rings. The molecule has 1 amide bonds. The van der Waals surface area contributed by atoms with Gasteiger partial charge in [0.1, 0.15) is 17.0 Å². The van der Waals surface area contributed by atoms with Crippen molar-refractivity contribution in [2.45, 2.75) is 26.3 Å². The van der Waals surface area contributed by atoms with Gasteiger partial charge in [0, 0.05) is 18.0 Å². The summed E-state index contributed by atoms with van der Waals surface area (Å²) in [5.41, 5.74) is 0.932. The highest BCUT2D eigenvalue weighted by Gasteiger charge is 2.21. The molecule has 3 aromatic rings. The zero-order valence-electron chi connectivity index (χ0n) is 16.1. The first-order valence-electron chi connectivity index (χ1n) is 8.98. The van der Waals surface area contributed by atoms with Crippen molar-refractivity contribution in [1.82, 2.24) is 20.2 Å². The van der Waals surface area contributed by atoms with Crippen LogP contribution in [0.25, 0.3) is 10.2 Å². The van der Waals surface area contributed by atoms with E-state index in [1.54, 1.807) is 17.7 Å². The van der Waals surface area contributed by atoms with E-state index in [9.17, 15) is 4.79 Å². The quantitative estimate of drug-likeness (QED) is 0.597. The van der Waals surface area contributed by atoms with Gasteiger partial charge in [0.2, 0.25) is 0 Å². The van der Waals surface area contributed by atoms with E-state index in [1.807, 2.05) is 25.9 Å². The molecule has 6 nitrogen and oxygen atoms in total. The van der Waals surface area contributed by atoms with E-state index < -0.39 is 0 Å². The molecular weight excluding hydrogens is 378 g/mol. The molecule has 27 heavy (non-hydrogen) atoms. The van der Waals surface area contributed by atoms with Crippen molar-refractivity contribution in [2.75, 3.05) is 32.5 Å². The van der Waals surface area contributed by atoms with Crippen molar-refractivity contribution in [1.29, 1.82) is 0 Å². The molecule has 0 spiro atoms. The lowest BCUT2D eigenvalue weighted by Crippen LogP contribution is -2.31. The lowest BCUT2D eigenvalue weighted by atomic mass is 10.1. The number of hydrogen-bond acceptors (Lipinski definition) is 7. The number of nitrogens with one attached hydrogen (secondary N) is 2. The molecule has 3 heterocycles. The number of nitrogens with zero attached hydrogens (tertiary/aromatic N) is 3. The van der Waals surface area contributed by atoms with E-state index in [1.165, 1.54) is 16.2 Å². The first kappa shape index (κ1) is 19.7. The number of carbonyl (C=O) groups excluding carboxylic acids is 1. The van der Waals surface area contributed by atoms with Gasteiger partial charge >= 0.3 is 0 Å². The third kappa shape index (κ3) is 4.45. The molecule has 2 N–H and O–H groups in total. The first-order valence-corrected chi connectivity index (χ1v) is 10.7. The van der Waals surface area contributed by atoms with Crippen molar-refractivity contribution < 1.29 is 4.79 Å². The third-order valence-corrected chi connectivity index (χ3v) is 6.57. The Labute approximate surface area is 167 Å². The summed E-state index contributed by atoms with van der Waals surface area (Å²) >= 11 is 3.16. The van der Waals surface area contributed by atoms with Crippen LogP contribution in [0.5, 0.6) is 0 Å². The maximum atomic E-state index is 12.6. The van der Waals surface area contributed by atoms with Crippen molar-refractivity contribution >= 4 is 44.6 Å². The minimum Gasteiger partial charge on any atom is -0.362 e. The number of thiophene rings is 2. The van der Waals surface area contributed by atoms with Gasteiger partial charge in [-0.25, -0.2) is 9.97 Å². The van der Waals surface area contributed by atoms with E-state index in [0.717, 1.165) is 34.6 Å². The van der Waals surface area contributed by atoms with Gasteiger partial charge in [0.15, 0.2) is 0 Å². The summed E-state index contributed by atoms with van der Waals surface area (Å²) in [7, 11) is 3.98. The van der Waals surface area contributed by atoms with Gasteiger partial charge < -0.3 is 15.5 Å². The van der Waals surface area contributed by atoms with Crippen LogP contribution in [0.4, 0.5) is 5.82 Å². The van der Waals surface area contributed by atoms with Crippen molar-refractivity contribution in [2.24, 2.45) is 0 Å². The predicted octanol–water partition coefficient (Wildman–Crippen LogP) is 3.92. The minimum absolute atomic E-state index is 0.0476. The number of aryl methyl sites for hydroxylation is 1. The Kier molecular flexibility index (Phi) is 6.41. The fraction of sp³-hybridized carbons (Fsp3) is 0.421. The van der Waals surface area contributed by atoms with Gasteiger partial charge in [0.25, 0.3) is 5.91 Å². The van der Waals surface area contributed by atoms with Gasteiger partial charge in [-0.3, -0.25) is 4.79 Å². The molecule has 0 bridgehead atoms. The Morgan fingerprint density at radius 3 is 2.81 bits per heavy atom. The van der Waals surface area contributed by atoms with Gasteiger partial charge in [-0.15, -0.1) is 22.7 Å². The molecule has 144 valence electrons. The highest BCUT2D eigenvalue weighted by atomic mass is 32.1. The molecule has 0 aliphatic rings. The van der Waals surface area contributed by atoms with E-state index in [-0.39, 0.29) is 11.9 Å². The molecule has 0 aliphatic heterocycles. The first-order chi connectivity index (χ1) is 13.0. The van der Waals surface area contributed by atoms with Crippen LogP contribution >= 0.6 is 22.7 Å². The highest BCUT2D eigenvalue weighted by Crippen LogP contribution is 2.35. The maximum absolute atomic E-state index is 12.6. The van der Waals surface area contributed by atoms with Gasteiger partial charge in [-0.05, 0) is 44.4 Å². The van der Waals surface area contributed by atoms with Crippen molar-refractivity contribution in [3.05, 3.63) is 39.2 Å². The Balaban J connectivity index is 1.87. The fourth-order valence-electron chi connectivity index (χ4n) is 2.90. The molecule has 0 saturated heterocycles. The summed E-state index contributed by atoms with van der Waals surface area (Å²) in [5, 5.41) is 9.57. The summed E-state index contributed by atoms with van der Waals surface area (Å²) in [5.74, 6) is 0.745. The second-order valence-corrected chi connectivity index (χ2v) is 8.62. The van der Waals surface area contributed by atoms with E-state index in [4.69, 9.17) is 0 Å². The van der Waals surface area contributed by atoms with Crippen LogP contribution in [0.2, 0.25) is 0 Å². The summed E-state index contributed by atoms with van der Waals surface area (Å²) in [4.78, 5) is 26.3. The lowest BCUT2D eigenvalue weighted by molar-refractivity contribution is 0.0954. The van der Waals surface area contributed by atoms with Crippen molar-refractivity contribution in [3.63, 3.8) is 0 Å². The van der Waals surface area contributed by atoms with Crippen LogP contribution in [0.15, 0.2) is 23.8 Å². The summed E-state index contributed by atoms with van der Waals surface area (Å²) in [6.45, 7) is 5.55. The normalized spacial score (nSPS) is 12.5. The maximum Gasteiger partial charge on any atom is 0.261 e. The number of likely N-dealkylation sites (N-methyl/N-ethyl adjacent to an activating group) is 1. The van der Waals surface area contributed by atoms with E-state index >= 15 is 0 Å². The number of rotatable bonds is 8. The average Bonchev–Trinajstić information content (AvgIpc) is 3.28. The zero-order valence-corrected chi connectivity index (χ0v) is 17.7. The molecule has 1 atom stereocenters. The molecule has 3 aromatic heterocycles. The Bertz CT molecular complexity index is 904. The summed E-state index contributed by atoms with van der Waals surface area (Å²) in [6, 6.07) is 4.39. The molecule has 3 rings (SSSR count). The number of fused-ring (bicyclic) bond motifs is 1. The van der Waals surface area contributed by atoms with Gasteiger partial charge in [0.05, 0.1) is 16.3 Å². The average molecular weight is 404 g/mol. The molecule has 0 radical (unpaired) electrons. The molecule has 0 aliphatic carbocycles. The minimum atomic E-state index is -0.0476. The highest BCUT2D eigenvalue weighted by molar-refractivity contribution is 7.20. The number of hydrogen-bond donors (Lipinski definition) is 2. The predicted molar refractivity (Wildman–Crippen MR) is 114 cm³/mol. The monoisotopic (exact) mass is 403 g/mol. The number of carbonyl (C=O) groups is 1. The second kappa shape index (κ2) is 8.77. The van der Waals surface area contributed by atoms with Gasteiger partial charge in [-0.2, -0.15) is 0 Å². The standard InChI is InChI=1S/C19H25N5OS2/c1-5-13(14-7-6-10-26-14)23-17-15-12(2)16(27-19(15)22-11-21-17)18(25)20-8-9-24(3)4/h6-7,10-11,13H,5,8-9H2,1-4H3,(H,20,25)(H,21,22,23)/t13-/m1/s1. The number of aromatic nitrogens is 2. The summed E-state index contributed by atoms with van der Waals surface area (Å²) in [6.07, 6.45) is 2.52. The number of amides is 1. The Morgan fingerprint density at radius 1 is 1.33 bits per heavy atom. The zero-order chi connectivity index (χ0) is 19.4. The smallest absolute Gasteiger partial charge is 0.261 e. The molecule has 0 unspecified atom stereocenters. The van der Waals surface area contributed by atoms with Crippen LogP contribution < -0.4 is 10.6 Å². The number of anilines is 1. The van der Waals surface area contributed by atoms with Crippen LogP contribution in [-0.2, 0) is 0 Å². The van der Waals surface area contributed by atoms with E-state index in [0.29, 0.717) is 11.4 Å². The summed E-state index contributed by atoms with van der Waals surface area (Å²) < 4.78 is 0. The van der Waals surface area contributed by atoms with Gasteiger partial charge in [-0.1, -0.05) is 13.0 Å².